The molecule has 1 aromatic carbocycles. The molecule has 1 rings (SSSR count). The summed E-state index contributed by atoms with van der Waals surface area (Å²) in [6.45, 7) is 6.11. The second kappa shape index (κ2) is 9.89. The van der Waals surface area contributed by atoms with Crippen molar-refractivity contribution in [2.75, 3.05) is 13.2 Å². The van der Waals surface area contributed by atoms with Gasteiger partial charge in [-0.15, -0.1) is 0 Å². The Morgan fingerprint density at radius 2 is 2.04 bits per heavy atom. The van der Waals surface area contributed by atoms with E-state index < -0.39 is 0 Å². The topological polar surface area (TPSA) is 79.5 Å². The first-order valence-electron chi connectivity index (χ1n) is 7.32. The van der Waals surface area contributed by atoms with E-state index in [2.05, 4.69) is 32.1 Å². The van der Waals surface area contributed by atoms with Gasteiger partial charge < -0.3 is 15.5 Å². The van der Waals surface area contributed by atoms with E-state index in [-0.39, 0.29) is 18.4 Å². The van der Waals surface area contributed by atoms with Crippen LogP contribution >= 0.6 is 15.9 Å². The van der Waals surface area contributed by atoms with Gasteiger partial charge in [-0.2, -0.15) is 0 Å². The smallest absolute Gasteiger partial charge is 0.276 e. The predicted octanol–water partition coefficient (Wildman–Crippen LogP) is 2.19. The van der Waals surface area contributed by atoms with Crippen LogP contribution in [0.2, 0.25) is 0 Å². The van der Waals surface area contributed by atoms with Crippen molar-refractivity contribution in [2.45, 2.75) is 27.2 Å². The summed E-state index contributed by atoms with van der Waals surface area (Å²) in [6.07, 6.45) is 2.25. The Balaban J connectivity index is 2.36. The molecule has 0 bridgehead atoms. The third-order valence-electron chi connectivity index (χ3n) is 2.74. The predicted molar refractivity (Wildman–Crippen MR) is 92.7 cm³/mol. The zero-order valence-corrected chi connectivity index (χ0v) is 15.1. The van der Waals surface area contributed by atoms with Gasteiger partial charge in [0.2, 0.25) is 5.91 Å². The van der Waals surface area contributed by atoms with Gasteiger partial charge in [0.1, 0.15) is 5.75 Å². The Morgan fingerprint density at radius 1 is 1.30 bits per heavy atom. The SMILES string of the molecule is CCCNC(=O)C=C(C)NNC(=O)COc1ccc(C)cc1Br. The van der Waals surface area contributed by atoms with Gasteiger partial charge in [-0.25, -0.2) is 0 Å². The van der Waals surface area contributed by atoms with Gasteiger partial charge in [0, 0.05) is 18.3 Å². The highest BCUT2D eigenvalue weighted by atomic mass is 79.9. The van der Waals surface area contributed by atoms with Crippen LogP contribution in [0.4, 0.5) is 0 Å². The van der Waals surface area contributed by atoms with E-state index in [1.54, 1.807) is 13.0 Å². The fourth-order valence-electron chi connectivity index (χ4n) is 1.60. The minimum absolute atomic E-state index is 0.135. The third kappa shape index (κ3) is 7.69. The molecule has 3 N–H and O–H groups in total. The van der Waals surface area contributed by atoms with E-state index in [4.69, 9.17) is 4.74 Å². The lowest BCUT2D eigenvalue weighted by Gasteiger charge is -2.11. The molecule has 0 aliphatic carbocycles. The first kappa shape index (κ1) is 19.0. The van der Waals surface area contributed by atoms with Crippen molar-refractivity contribution in [1.82, 2.24) is 16.2 Å². The van der Waals surface area contributed by atoms with Crippen molar-refractivity contribution in [3.63, 3.8) is 0 Å². The average Bonchev–Trinajstić information content (AvgIpc) is 2.50. The number of halogens is 1. The molecule has 2 amide bonds. The fourth-order valence-corrected chi connectivity index (χ4v) is 2.21. The summed E-state index contributed by atoms with van der Waals surface area (Å²) in [7, 11) is 0. The summed E-state index contributed by atoms with van der Waals surface area (Å²) in [4.78, 5) is 23.2. The molecule has 1 aromatic rings. The molecule has 0 fully saturated rings. The average molecular weight is 384 g/mol. The molecule has 0 atom stereocenters. The molecule has 0 aliphatic rings. The molecule has 0 spiro atoms. The fraction of sp³-hybridized carbons (Fsp3) is 0.375. The van der Waals surface area contributed by atoms with E-state index in [1.165, 1.54) is 6.08 Å². The van der Waals surface area contributed by atoms with Crippen LogP contribution in [0.5, 0.6) is 5.75 Å². The van der Waals surface area contributed by atoms with E-state index >= 15 is 0 Å². The number of nitrogens with one attached hydrogen (secondary N) is 3. The number of hydrogen-bond donors (Lipinski definition) is 3. The number of carbonyl (C=O) groups is 2. The second-order valence-corrected chi connectivity index (χ2v) is 5.87. The maximum Gasteiger partial charge on any atom is 0.276 e. The summed E-state index contributed by atoms with van der Waals surface area (Å²) < 4.78 is 6.22. The van der Waals surface area contributed by atoms with Gasteiger partial charge in [0.05, 0.1) is 4.47 Å². The monoisotopic (exact) mass is 383 g/mol. The van der Waals surface area contributed by atoms with Gasteiger partial charge >= 0.3 is 0 Å². The lowest BCUT2D eigenvalue weighted by atomic mass is 10.2. The highest BCUT2D eigenvalue weighted by molar-refractivity contribution is 9.10. The number of hydrogen-bond acceptors (Lipinski definition) is 4. The summed E-state index contributed by atoms with van der Waals surface area (Å²) in [5.41, 5.74) is 6.75. The summed E-state index contributed by atoms with van der Waals surface area (Å²) >= 11 is 3.38. The largest absolute Gasteiger partial charge is 0.483 e. The molecular formula is C16H22BrN3O3. The number of amides is 2. The summed E-state index contributed by atoms with van der Waals surface area (Å²) in [5.74, 6) is 0.0436. The molecule has 0 aromatic heterocycles. The highest BCUT2D eigenvalue weighted by Crippen LogP contribution is 2.25. The van der Waals surface area contributed by atoms with Crippen molar-refractivity contribution in [3.05, 3.63) is 40.0 Å². The van der Waals surface area contributed by atoms with Crippen molar-refractivity contribution >= 4 is 27.7 Å². The lowest BCUT2D eigenvalue weighted by molar-refractivity contribution is -0.124. The van der Waals surface area contributed by atoms with Gasteiger partial charge in [0.25, 0.3) is 5.91 Å². The number of hydrazine groups is 1. The van der Waals surface area contributed by atoms with Crippen LogP contribution in [-0.4, -0.2) is 25.0 Å². The molecule has 6 nitrogen and oxygen atoms in total. The Kier molecular flexibility index (Phi) is 8.18. The molecule has 126 valence electrons. The van der Waals surface area contributed by atoms with Crippen molar-refractivity contribution in [3.8, 4) is 5.75 Å². The van der Waals surface area contributed by atoms with Crippen molar-refractivity contribution in [1.29, 1.82) is 0 Å². The molecule has 23 heavy (non-hydrogen) atoms. The number of rotatable bonds is 8. The zero-order valence-electron chi connectivity index (χ0n) is 13.5. The molecular weight excluding hydrogens is 362 g/mol. The second-order valence-electron chi connectivity index (χ2n) is 5.01. The van der Waals surface area contributed by atoms with E-state index in [9.17, 15) is 9.59 Å². The van der Waals surface area contributed by atoms with Gasteiger partial charge in [-0.05, 0) is 53.9 Å². The van der Waals surface area contributed by atoms with Crippen molar-refractivity contribution in [2.24, 2.45) is 0 Å². The van der Waals surface area contributed by atoms with E-state index in [0.717, 1.165) is 16.5 Å². The number of allylic oxidation sites excluding steroid dienone is 1. The van der Waals surface area contributed by atoms with Crippen LogP contribution in [-0.2, 0) is 9.59 Å². The first-order chi connectivity index (χ1) is 10.9. The Morgan fingerprint density at radius 3 is 2.70 bits per heavy atom. The van der Waals surface area contributed by atoms with Crippen LogP contribution in [0.3, 0.4) is 0 Å². The quantitative estimate of drug-likeness (QED) is 0.474. The van der Waals surface area contributed by atoms with Crippen LogP contribution in [0, 0.1) is 6.92 Å². The summed E-state index contributed by atoms with van der Waals surface area (Å²) in [5, 5.41) is 2.71. The normalized spacial score (nSPS) is 10.9. The number of ether oxygens (including phenoxy) is 1. The maximum atomic E-state index is 11.7. The standard InChI is InChI=1S/C16H22BrN3O3/c1-4-7-18-15(21)9-12(3)19-20-16(22)10-23-14-6-5-11(2)8-13(14)17/h5-6,8-9,19H,4,7,10H2,1-3H3,(H,18,21)(H,20,22). The number of benzene rings is 1. The minimum Gasteiger partial charge on any atom is -0.483 e. The van der Waals surface area contributed by atoms with Gasteiger partial charge in [0.15, 0.2) is 6.61 Å². The Hall–Kier alpha value is -2.02. The van der Waals surface area contributed by atoms with Crippen LogP contribution in [0.15, 0.2) is 34.4 Å². The summed E-state index contributed by atoms with van der Waals surface area (Å²) in [6, 6.07) is 5.61. The Bertz CT molecular complexity index is 588. The van der Waals surface area contributed by atoms with Gasteiger partial charge in [-0.1, -0.05) is 13.0 Å². The molecule has 0 heterocycles. The molecule has 0 radical (unpaired) electrons. The van der Waals surface area contributed by atoms with Crippen LogP contribution in [0.1, 0.15) is 25.8 Å². The van der Waals surface area contributed by atoms with E-state index in [0.29, 0.717) is 18.0 Å². The molecule has 0 unspecified atom stereocenters. The van der Waals surface area contributed by atoms with Gasteiger partial charge in [-0.3, -0.25) is 15.0 Å². The lowest BCUT2D eigenvalue weighted by Crippen LogP contribution is -2.39. The first-order valence-corrected chi connectivity index (χ1v) is 8.11. The number of aryl methyl sites for hydroxylation is 1. The Labute approximate surface area is 144 Å². The zero-order chi connectivity index (χ0) is 17.2. The van der Waals surface area contributed by atoms with Crippen LogP contribution < -0.4 is 20.9 Å². The van der Waals surface area contributed by atoms with Crippen LogP contribution in [0.25, 0.3) is 0 Å². The molecule has 7 heteroatoms. The highest BCUT2D eigenvalue weighted by Gasteiger charge is 2.06. The minimum atomic E-state index is -0.348. The molecule has 0 saturated carbocycles. The molecule has 0 saturated heterocycles. The molecule has 0 aliphatic heterocycles. The maximum absolute atomic E-state index is 11.7. The third-order valence-corrected chi connectivity index (χ3v) is 3.36. The van der Waals surface area contributed by atoms with E-state index in [1.807, 2.05) is 26.0 Å². The van der Waals surface area contributed by atoms with Crippen molar-refractivity contribution < 1.29 is 14.3 Å². The number of carbonyl (C=O) groups excluding carboxylic acids is 2.